The molecule has 0 bridgehead atoms. The number of nitrogens with zero attached hydrogens (tertiary/aromatic N) is 2. The highest BCUT2D eigenvalue weighted by Gasteiger charge is 2.24. The van der Waals surface area contributed by atoms with E-state index < -0.39 is 11.3 Å². The predicted molar refractivity (Wildman–Crippen MR) is 64.8 cm³/mol. The van der Waals surface area contributed by atoms with Gasteiger partial charge < -0.3 is 16.8 Å². The molecule has 90 valence electrons. The second kappa shape index (κ2) is 4.70. The summed E-state index contributed by atoms with van der Waals surface area (Å²) in [6, 6.07) is 5.12. The molecule has 0 radical (unpaired) electrons. The van der Waals surface area contributed by atoms with Crippen molar-refractivity contribution in [1.29, 1.82) is 5.26 Å². The molecule has 0 unspecified atom stereocenters. The molecule has 1 aromatic rings. The Hall–Kier alpha value is -2.29. The highest BCUT2D eigenvalue weighted by atomic mass is 16.1. The number of hydrogen-bond donors (Lipinski definition) is 3. The zero-order valence-corrected chi connectivity index (χ0v) is 9.82. The molecule has 0 spiro atoms. The molecule has 17 heavy (non-hydrogen) atoms. The van der Waals surface area contributed by atoms with Crippen LogP contribution >= 0.6 is 0 Å². The molecule has 1 heterocycles. The molecule has 1 rings (SSSR count). The van der Waals surface area contributed by atoms with Gasteiger partial charge in [0.2, 0.25) is 5.91 Å². The van der Waals surface area contributed by atoms with Gasteiger partial charge in [-0.1, -0.05) is 0 Å². The SMILES string of the molecule is CC(C)(CNc1ccc(N)c(C#N)n1)C(N)=O. The van der Waals surface area contributed by atoms with Crippen molar-refractivity contribution in [1.82, 2.24) is 4.98 Å². The van der Waals surface area contributed by atoms with Gasteiger partial charge in [0.1, 0.15) is 11.9 Å². The Labute approximate surface area is 99.6 Å². The average Bonchev–Trinajstić information content (AvgIpc) is 2.28. The van der Waals surface area contributed by atoms with Crippen LogP contribution in [0.3, 0.4) is 0 Å². The van der Waals surface area contributed by atoms with E-state index in [4.69, 9.17) is 16.7 Å². The van der Waals surface area contributed by atoms with E-state index in [1.165, 1.54) is 0 Å². The molecule has 1 aromatic heterocycles. The number of nitrogens with two attached hydrogens (primary N) is 2. The minimum Gasteiger partial charge on any atom is -0.396 e. The number of nitrogen functional groups attached to an aromatic ring is 1. The number of pyridine rings is 1. The first-order chi connectivity index (χ1) is 7.86. The number of primary amides is 1. The molecule has 0 aliphatic heterocycles. The zero-order valence-electron chi connectivity index (χ0n) is 9.82. The molecular weight excluding hydrogens is 218 g/mol. The quantitative estimate of drug-likeness (QED) is 0.698. The van der Waals surface area contributed by atoms with Crippen LogP contribution in [-0.2, 0) is 4.79 Å². The fourth-order valence-corrected chi connectivity index (χ4v) is 1.06. The van der Waals surface area contributed by atoms with Crippen molar-refractivity contribution in [2.75, 3.05) is 17.6 Å². The predicted octanol–water partition coefficient (Wildman–Crippen LogP) is 0.459. The topological polar surface area (TPSA) is 118 Å². The number of amides is 1. The Morgan fingerprint density at radius 2 is 2.24 bits per heavy atom. The van der Waals surface area contributed by atoms with Gasteiger partial charge in [0, 0.05) is 6.54 Å². The largest absolute Gasteiger partial charge is 0.396 e. The summed E-state index contributed by atoms with van der Waals surface area (Å²) < 4.78 is 0. The molecule has 0 saturated heterocycles. The van der Waals surface area contributed by atoms with E-state index >= 15 is 0 Å². The number of rotatable bonds is 4. The van der Waals surface area contributed by atoms with Crippen molar-refractivity contribution in [3.8, 4) is 6.07 Å². The van der Waals surface area contributed by atoms with Crippen molar-refractivity contribution in [2.24, 2.45) is 11.1 Å². The van der Waals surface area contributed by atoms with Crippen LogP contribution in [0.15, 0.2) is 12.1 Å². The summed E-state index contributed by atoms with van der Waals surface area (Å²) in [6.07, 6.45) is 0. The molecule has 5 N–H and O–H groups in total. The highest BCUT2D eigenvalue weighted by Crippen LogP contribution is 2.17. The van der Waals surface area contributed by atoms with Crippen LogP contribution in [-0.4, -0.2) is 17.4 Å². The van der Waals surface area contributed by atoms with E-state index in [1.807, 2.05) is 6.07 Å². The number of hydrogen-bond acceptors (Lipinski definition) is 5. The average molecular weight is 233 g/mol. The molecule has 1 amide bonds. The lowest BCUT2D eigenvalue weighted by Gasteiger charge is -2.21. The number of anilines is 2. The summed E-state index contributed by atoms with van der Waals surface area (Å²) in [5.74, 6) is 0.0889. The summed E-state index contributed by atoms with van der Waals surface area (Å²) in [5.41, 5.74) is 10.6. The Balaban J connectivity index is 2.78. The molecule has 0 saturated carbocycles. The molecule has 0 aliphatic rings. The molecule has 0 aromatic carbocycles. The minimum atomic E-state index is -0.685. The van der Waals surface area contributed by atoms with Crippen LogP contribution in [0, 0.1) is 16.7 Å². The normalized spacial score (nSPS) is 10.6. The van der Waals surface area contributed by atoms with Gasteiger partial charge in [-0.3, -0.25) is 4.79 Å². The summed E-state index contributed by atoms with van der Waals surface area (Å²) >= 11 is 0. The first-order valence-corrected chi connectivity index (χ1v) is 5.07. The van der Waals surface area contributed by atoms with Crippen LogP contribution in [0.25, 0.3) is 0 Å². The molecule has 0 fully saturated rings. The monoisotopic (exact) mass is 233 g/mol. The van der Waals surface area contributed by atoms with Gasteiger partial charge in [-0.15, -0.1) is 0 Å². The van der Waals surface area contributed by atoms with E-state index in [1.54, 1.807) is 26.0 Å². The lowest BCUT2D eigenvalue weighted by atomic mass is 9.93. The molecule has 0 atom stereocenters. The maximum Gasteiger partial charge on any atom is 0.224 e. The van der Waals surface area contributed by atoms with Crippen LogP contribution in [0.4, 0.5) is 11.5 Å². The van der Waals surface area contributed by atoms with E-state index in [0.717, 1.165) is 0 Å². The first kappa shape index (κ1) is 12.8. The van der Waals surface area contributed by atoms with E-state index in [0.29, 0.717) is 18.1 Å². The number of nitriles is 1. The van der Waals surface area contributed by atoms with Gasteiger partial charge in [0.25, 0.3) is 0 Å². The molecule has 6 nitrogen and oxygen atoms in total. The Morgan fingerprint density at radius 1 is 1.59 bits per heavy atom. The lowest BCUT2D eigenvalue weighted by molar-refractivity contribution is -0.125. The summed E-state index contributed by atoms with van der Waals surface area (Å²) in [5, 5.41) is 11.7. The fraction of sp³-hybridized carbons (Fsp3) is 0.364. The standard InChI is InChI=1S/C11H15N5O/c1-11(2,10(14)17)6-15-9-4-3-7(13)8(5-12)16-9/h3-4H,6,13H2,1-2H3,(H2,14,17)(H,15,16). The highest BCUT2D eigenvalue weighted by molar-refractivity contribution is 5.80. The second-order valence-corrected chi connectivity index (χ2v) is 4.35. The molecule has 6 heteroatoms. The Morgan fingerprint density at radius 3 is 2.76 bits per heavy atom. The molecule has 0 aliphatic carbocycles. The van der Waals surface area contributed by atoms with Crippen LogP contribution < -0.4 is 16.8 Å². The summed E-state index contributed by atoms with van der Waals surface area (Å²) in [7, 11) is 0. The van der Waals surface area contributed by atoms with Gasteiger partial charge in [-0.05, 0) is 26.0 Å². The van der Waals surface area contributed by atoms with Gasteiger partial charge in [-0.2, -0.15) is 5.26 Å². The number of carbonyl (C=O) groups excluding carboxylic acids is 1. The smallest absolute Gasteiger partial charge is 0.224 e. The van der Waals surface area contributed by atoms with Crippen molar-refractivity contribution >= 4 is 17.4 Å². The third-order valence-electron chi connectivity index (χ3n) is 2.41. The van der Waals surface area contributed by atoms with Crippen LogP contribution in [0.5, 0.6) is 0 Å². The number of nitrogens with one attached hydrogen (secondary N) is 1. The lowest BCUT2D eigenvalue weighted by Crippen LogP contribution is -2.37. The maximum absolute atomic E-state index is 11.1. The Bertz CT molecular complexity index is 475. The van der Waals surface area contributed by atoms with E-state index in [-0.39, 0.29) is 5.69 Å². The Kier molecular flexibility index (Phi) is 3.53. The van der Waals surface area contributed by atoms with Gasteiger partial charge in [0.15, 0.2) is 5.69 Å². The van der Waals surface area contributed by atoms with Gasteiger partial charge >= 0.3 is 0 Å². The van der Waals surface area contributed by atoms with Crippen LogP contribution in [0.1, 0.15) is 19.5 Å². The van der Waals surface area contributed by atoms with Crippen molar-refractivity contribution in [3.63, 3.8) is 0 Å². The van der Waals surface area contributed by atoms with E-state index in [9.17, 15) is 4.79 Å². The minimum absolute atomic E-state index is 0.159. The third kappa shape index (κ3) is 3.08. The number of aromatic nitrogens is 1. The van der Waals surface area contributed by atoms with Gasteiger partial charge in [-0.25, -0.2) is 4.98 Å². The zero-order chi connectivity index (χ0) is 13.1. The van der Waals surface area contributed by atoms with Crippen molar-refractivity contribution < 1.29 is 4.79 Å². The molecular formula is C11H15N5O. The second-order valence-electron chi connectivity index (χ2n) is 4.35. The van der Waals surface area contributed by atoms with Gasteiger partial charge in [0.05, 0.1) is 11.1 Å². The van der Waals surface area contributed by atoms with Crippen LogP contribution in [0.2, 0.25) is 0 Å². The third-order valence-corrected chi connectivity index (χ3v) is 2.41. The van der Waals surface area contributed by atoms with Crippen molar-refractivity contribution in [3.05, 3.63) is 17.8 Å². The summed E-state index contributed by atoms with van der Waals surface area (Å²) in [6.45, 7) is 3.79. The first-order valence-electron chi connectivity index (χ1n) is 5.07. The van der Waals surface area contributed by atoms with E-state index in [2.05, 4.69) is 10.3 Å². The maximum atomic E-state index is 11.1. The number of carbonyl (C=O) groups is 1. The fourth-order valence-electron chi connectivity index (χ4n) is 1.06. The van der Waals surface area contributed by atoms with Crippen molar-refractivity contribution in [2.45, 2.75) is 13.8 Å². The summed E-state index contributed by atoms with van der Waals surface area (Å²) in [4.78, 5) is 15.1.